The van der Waals surface area contributed by atoms with Gasteiger partial charge in [-0.1, -0.05) is 6.42 Å². The number of fused-ring (bicyclic) bond motifs is 1. The minimum Gasteiger partial charge on any atom is -0.422 e. The summed E-state index contributed by atoms with van der Waals surface area (Å²) in [6.45, 7) is 3.18. The summed E-state index contributed by atoms with van der Waals surface area (Å²) in [4.78, 5) is 54.1. The van der Waals surface area contributed by atoms with Gasteiger partial charge in [0.2, 0.25) is 20.0 Å². The van der Waals surface area contributed by atoms with E-state index in [0.29, 0.717) is 54.1 Å². The summed E-state index contributed by atoms with van der Waals surface area (Å²) >= 11 is 0.502. The van der Waals surface area contributed by atoms with Gasteiger partial charge in [0.05, 0.1) is 10.4 Å². The molecule has 0 bridgehead atoms. The van der Waals surface area contributed by atoms with E-state index in [1.54, 1.807) is 18.2 Å². The second kappa shape index (κ2) is 12.3. The Morgan fingerprint density at radius 1 is 1.00 bits per heavy atom. The summed E-state index contributed by atoms with van der Waals surface area (Å²) in [6.07, 6.45) is 2.02. The van der Waals surface area contributed by atoms with E-state index in [9.17, 15) is 36.0 Å². The summed E-state index contributed by atoms with van der Waals surface area (Å²) in [5.41, 5.74) is -0.0822. The second-order valence-corrected chi connectivity index (χ2v) is 13.8. The van der Waals surface area contributed by atoms with Crippen molar-refractivity contribution in [1.82, 2.24) is 5.06 Å². The highest BCUT2D eigenvalue weighted by atomic mass is 32.2. The number of benzene rings is 1. The predicted molar refractivity (Wildman–Crippen MR) is 152 cm³/mol. The van der Waals surface area contributed by atoms with Crippen molar-refractivity contribution < 1.29 is 40.5 Å². The molecule has 3 heterocycles. The van der Waals surface area contributed by atoms with Gasteiger partial charge in [0.25, 0.3) is 11.8 Å². The van der Waals surface area contributed by atoms with Crippen molar-refractivity contribution in [2.45, 2.75) is 54.6 Å². The summed E-state index contributed by atoms with van der Waals surface area (Å²) in [6, 6.07) is 7.35. The summed E-state index contributed by atoms with van der Waals surface area (Å²) in [7, 11) is -8.65. The molecule has 0 unspecified atom stereocenters. The average molecular weight is 641 g/mol. The first-order valence-corrected chi connectivity index (χ1v) is 16.7. The number of nitrogens with zero attached hydrogens (tertiary/aromatic N) is 2. The Balaban J connectivity index is 1.44. The number of rotatable bonds is 12. The molecule has 1 aliphatic heterocycles. The van der Waals surface area contributed by atoms with Gasteiger partial charge in [-0.15, -0.1) is 16.4 Å². The van der Waals surface area contributed by atoms with E-state index >= 15 is 0 Å². The fourth-order valence-electron chi connectivity index (χ4n) is 4.37. The number of anilines is 1. The Bertz CT molecular complexity index is 1810. The highest BCUT2D eigenvalue weighted by Gasteiger charge is 2.32. The van der Waals surface area contributed by atoms with Crippen molar-refractivity contribution >= 4 is 65.8 Å². The second-order valence-electron chi connectivity index (χ2n) is 9.45. The zero-order valence-electron chi connectivity index (χ0n) is 22.4. The Morgan fingerprint density at radius 2 is 1.69 bits per heavy atom. The molecule has 14 nitrogen and oxygen atoms in total. The van der Waals surface area contributed by atoms with Gasteiger partial charge in [-0.3, -0.25) is 9.59 Å². The number of thiophene rings is 1. The maximum atomic E-state index is 12.9. The van der Waals surface area contributed by atoms with Crippen molar-refractivity contribution in [1.29, 1.82) is 0 Å². The molecule has 2 aromatic heterocycles. The van der Waals surface area contributed by atoms with Crippen LogP contribution in [-0.4, -0.2) is 52.8 Å². The fourth-order valence-corrected chi connectivity index (χ4v) is 7.43. The van der Waals surface area contributed by atoms with E-state index < -0.39 is 52.6 Å². The molecule has 4 N–H and O–H groups in total. The van der Waals surface area contributed by atoms with Crippen molar-refractivity contribution in [3.05, 3.63) is 40.8 Å². The molecule has 0 spiro atoms. The van der Waals surface area contributed by atoms with Crippen molar-refractivity contribution in [3.63, 3.8) is 0 Å². The number of carbonyl (C=O) groups excluding carboxylic acids is 3. The third-order valence-electron chi connectivity index (χ3n) is 6.48. The average Bonchev–Trinajstić information content (AvgIpc) is 3.50. The van der Waals surface area contributed by atoms with E-state index in [2.05, 4.69) is 0 Å². The largest absolute Gasteiger partial charge is 0.422 e. The number of amides is 2. The number of hydrogen-bond donors (Lipinski definition) is 2. The lowest BCUT2D eigenvalue weighted by Gasteiger charge is -2.23. The minimum atomic E-state index is -4.39. The van der Waals surface area contributed by atoms with E-state index in [0.717, 1.165) is 11.8 Å². The zero-order valence-corrected chi connectivity index (χ0v) is 24.8. The van der Waals surface area contributed by atoms with E-state index in [-0.39, 0.29) is 35.3 Å². The lowest BCUT2D eigenvalue weighted by molar-refractivity contribution is -0.197. The molecule has 1 aromatic carbocycles. The number of primary sulfonamides is 2. The maximum absolute atomic E-state index is 12.9. The normalized spacial score (nSPS) is 14.1. The molecule has 0 radical (unpaired) electrons. The quantitative estimate of drug-likeness (QED) is 0.165. The van der Waals surface area contributed by atoms with Gasteiger partial charge in [0.1, 0.15) is 14.7 Å². The molecule has 0 atom stereocenters. The topological polar surface area (TPSA) is 217 Å². The molecule has 1 fully saturated rings. The van der Waals surface area contributed by atoms with Gasteiger partial charge in [-0.05, 0) is 44.0 Å². The summed E-state index contributed by atoms with van der Waals surface area (Å²) in [5.74, 6) is -1.69. The van der Waals surface area contributed by atoms with Gasteiger partial charge < -0.3 is 14.2 Å². The minimum absolute atomic E-state index is 0.0363. The van der Waals surface area contributed by atoms with Crippen LogP contribution in [-0.2, 0) is 39.3 Å². The molecule has 42 heavy (non-hydrogen) atoms. The van der Waals surface area contributed by atoms with Gasteiger partial charge >= 0.3 is 11.6 Å². The molecule has 1 saturated heterocycles. The molecular weight excluding hydrogens is 612 g/mol. The molecule has 226 valence electrons. The van der Waals surface area contributed by atoms with Gasteiger partial charge in [-0.2, -0.15) is 0 Å². The first-order valence-electron chi connectivity index (χ1n) is 12.8. The molecule has 2 amide bonds. The van der Waals surface area contributed by atoms with Crippen LogP contribution in [0.25, 0.3) is 21.4 Å². The monoisotopic (exact) mass is 640 g/mol. The lowest BCUT2D eigenvalue weighted by Crippen LogP contribution is -2.31. The van der Waals surface area contributed by atoms with E-state index in [1.165, 1.54) is 6.07 Å². The number of imide groups is 1. The Labute approximate surface area is 244 Å². The molecule has 1 aliphatic rings. The third kappa shape index (κ3) is 7.04. The van der Waals surface area contributed by atoms with Crippen LogP contribution in [0.2, 0.25) is 0 Å². The van der Waals surface area contributed by atoms with Crippen molar-refractivity contribution in [3.8, 4) is 10.4 Å². The Hall–Kier alpha value is -3.64. The van der Waals surface area contributed by atoms with Crippen LogP contribution in [0.15, 0.2) is 48.6 Å². The number of carbonyl (C=O) groups is 3. The van der Waals surface area contributed by atoms with Crippen LogP contribution in [0.3, 0.4) is 0 Å². The number of hydroxylamine groups is 2. The number of unbranched alkanes of at least 4 members (excludes halogenated alkanes) is 2. The van der Waals surface area contributed by atoms with Crippen LogP contribution in [0.4, 0.5) is 5.69 Å². The molecule has 0 saturated carbocycles. The molecule has 17 heteroatoms. The molecular formula is C25H28N4O10S3. The SMILES string of the molecule is CCN(CCCCCC(=O)ON1C(=O)CCC1=O)c1ccc2cc(-c3sc(S(N)(=O)=O)cc3S(N)(=O)=O)c(=O)oc2c1. The van der Waals surface area contributed by atoms with Crippen LogP contribution >= 0.6 is 11.3 Å². The lowest BCUT2D eigenvalue weighted by atomic mass is 10.1. The predicted octanol–water partition coefficient (Wildman–Crippen LogP) is 1.81. The first kappa shape index (κ1) is 31.3. The maximum Gasteiger partial charge on any atom is 0.345 e. The highest BCUT2D eigenvalue weighted by molar-refractivity contribution is 7.92. The van der Waals surface area contributed by atoms with Crippen LogP contribution in [0.1, 0.15) is 45.4 Å². The fraction of sp³-hybridized carbons (Fsp3) is 0.360. The molecule has 0 aliphatic carbocycles. The van der Waals surface area contributed by atoms with E-state index in [1.807, 2.05) is 11.8 Å². The van der Waals surface area contributed by atoms with Gasteiger partial charge in [0.15, 0.2) is 0 Å². The van der Waals surface area contributed by atoms with Crippen LogP contribution < -0.4 is 20.8 Å². The number of nitrogens with two attached hydrogens (primary N) is 2. The standard InChI is InChI=1S/C25H28N4O10S3/c1-2-28(11-5-3-4-6-22(32)39-29-20(30)9-10-21(29)31)16-8-7-15-12-17(25(33)38-18(15)13-16)24-19(41(26,34)35)14-23(40-24)42(27,36)37/h7-8,12-14H,2-6,9-11H2,1H3,(H2,26,34,35)(H2,27,36,37). The molecule has 4 rings (SSSR count). The smallest absolute Gasteiger partial charge is 0.345 e. The van der Waals surface area contributed by atoms with E-state index in [4.69, 9.17) is 19.5 Å². The summed E-state index contributed by atoms with van der Waals surface area (Å²) < 4.78 is 52.9. The third-order valence-corrected chi connectivity index (χ3v) is 10.1. The molecule has 3 aromatic rings. The van der Waals surface area contributed by atoms with Crippen LogP contribution in [0, 0.1) is 0 Å². The Morgan fingerprint density at radius 3 is 2.31 bits per heavy atom. The van der Waals surface area contributed by atoms with Gasteiger partial charge in [0, 0.05) is 49.5 Å². The summed E-state index contributed by atoms with van der Waals surface area (Å²) in [5, 5.41) is 11.4. The van der Waals surface area contributed by atoms with Crippen molar-refractivity contribution in [2.24, 2.45) is 10.3 Å². The van der Waals surface area contributed by atoms with Gasteiger partial charge in [-0.25, -0.2) is 36.7 Å². The Kier molecular flexibility index (Phi) is 9.17. The number of sulfonamides is 2. The number of hydrogen-bond acceptors (Lipinski definition) is 12. The first-order chi connectivity index (χ1) is 19.7. The highest BCUT2D eigenvalue weighted by Crippen LogP contribution is 2.37. The zero-order chi connectivity index (χ0) is 30.8. The van der Waals surface area contributed by atoms with Crippen LogP contribution in [0.5, 0.6) is 0 Å². The van der Waals surface area contributed by atoms with Crippen molar-refractivity contribution in [2.75, 3.05) is 18.0 Å².